The van der Waals surface area contributed by atoms with Crippen LogP contribution in [-0.4, -0.2) is 26.1 Å². The number of hydrogen-bond donors (Lipinski definition) is 3. The fourth-order valence-corrected chi connectivity index (χ4v) is 2.52. The Labute approximate surface area is 141 Å². The minimum Gasteiger partial charge on any atom is -0.342 e. The van der Waals surface area contributed by atoms with Crippen molar-refractivity contribution in [2.24, 2.45) is 0 Å². The maximum Gasteiger partial charge on any atom is 0.225 e. The van der Waals surface area contributed by atoms with Gasteiger partial charge < -0.3 is 10.3 Å². The summed E-state index contributed by atoms with van der Waals surface area (Å²) in [6, 6.07) is 9.82. The minimum atomic E-state index is -0.0296. The molecule has 6 heteroatoms. The number of aryl methyl sites for hydroxylation is 1. The molecule has 1 amide bonds. The van der Waals surface area contributed by atoms with Gasteiger partial charge in [-0.25, -0.2) is 4.98 Å². The number of amides is 1. The van der Waals surface area contributed by atoms with Crippen LogP contribution in [-0.2, 0) is 16.6 Å². The van der Waals surface area contributed by atoms with E-state index in [0.717, 1.165) is 35.4 Å². The van der Waals surface area contributed by atoms with E-state index in [2.05, 4.69) is 46.3 Å². The molecule has 0 fully saturated rings. The average Bonchev–Trinajstić information content (AvgIpc) is 3.12. The molecule has 3 aromatic rings. The van der Waals surface area contributed by atoms with E-state index in [1.54, 1.807) is 0 Å². The van der Waals surface area contributed by atoms with Crippen molar-refractivity contribution < 1.29 is 4.79 Å². The van der Waals surface area contributed by atoms with Crippen LogP contribution in [0.25, 0.3) is 11.0 Å². The molecule has 0 atom stereocenters. The Morgan fingerprint density at radius 1 is 1.25 bits per heavy atom. The number of benzene rings is 1. The molecule has 126 valence electrons. The molecule has 3 rings (SSSR count). The molecule has 3 N–H and O–H groups in total. The Balaban J connectivity index is 1.49. The van der Waals surface area contributed by atoms with Gasteiger partial charge in [-0.15, -0.1) is 0 Å². The van der Waals surface area contributed by atoms with Gasteiger partial charge in [0.15, 0.2) is 5.82 Å². The third kappa shape index (κ3) is 3.82. The van der Waals surface area contributed by atoms with Gasteiger partial charge in [0.05, 0.1) is 11.0 Å². The number of H-pyrrole nitrogens is 2. The molecule has 0 unspecified atom stereocenters. The van der Waals surface area contributed by atoms with Crippen LogP contribution in [0.1, 0.15) is 45.1 Å². The van der Waals surface area contributed by atoms with Crippen LogP contribution in [0.15, 0.2) is 30.3 Å². The van der Waals surface area contributed by atoms with Gasteiger partial charge in [-0.2, -0.15) is 5.10 Å². The molecule has 1 aromatic carbocycles. The van der Waals surface area contributed by atoms with E-state index < -0.39 is 0 Å². The van der Waals surface area contributed by atoms with Crippen molar-refractivity contribution in [2.75, 3.05) is 5.32 Å². The molecule has 2 heterocycles. The predicted molar refractivity (Wildman–Crippen MR) is 94.9 cm³/mol. The standard InChI is InChI=1S/C18H23N5O/c1-18(2,3)14-11-16(23-22-14)21-17(24)10-6-9-15-19-12-7-4-5-8-13(12)20-15/h4-5,7-8,11H,6,9-10H2,1-3H3,(H,19,20)(H2,21,22,23,24). The minimum absolute atomic E-state index is 0.0166. The zero-order valence-electron chi connectivity index (χ0n) is 14.3. The number of aromatic nitrogens is 4. The van der Waals surface area contributed by atoms with E-state index >= 15 is 0 Å². The smallest absolute Gasteiger partial charge is 0.225 e. The molecule has 0 spiro atoms. The fraction of sp³-hybridized carbons (Fsp3) is 0.389. The quantitative estimate of drug-likeness (QED) is 0.670. The van der Waals surface area contributed by atoms with Crippen LogP contribution >= 0.6 is 0 Å². The van der Waals surface area contributed by atoms with Gasteiger partial charge in [0, 0.05) is 30.0 Å². The van der Waals surface area contributed by atoms with Crippen LogP contribution < -0.4 is 5.32 Å². The topological polar surface area (TPSA) is 86.5 Å². The lowest BCUT2D eigenvalue weighted by molar-refractivity contribution is -0.116. The number of nitrogens with zero attached hydrogens (tertiary/aromatic N) is 2. The highest BCUT2D eigenvalue weighted by atomic mass is 16.1. The third-order valence-electron chi connectivity index (χ3n) is 3.91. The van der Waals surface area contributed by atoms with Gasteiger partial charge in [-0.05, 0) is 18.6 Å². The van der Waals surface area contributed by atoms with Crippen molar-refractivity contribution in [1.82, 2.24) is 20.2 Å². The van der Waals surface area contributed by atoms with Crippen LogP contribution in [0, 0.1) is 0 Å². The monoisotopic (exact) mass is 325 g/mol. The molecule has 24 heavy (non-hydrogen) atoms. The van der Waals surface area contributed by atoms with Gasteiger partial charge >= 0.3 is 0 Å². The molecule has 0 aliphatic heterocycles. The summed E-state index contributed by atoms with van der Waals surface area (Å²) < 4.78 is 0. The van der Waals surface area contributed by atoms with Crippen molar-refractivity contribution in [3.05, 3.63) is 41.9 Å². The number of carbonyl (C=O) groups is 1. The second kappa shape index (κ2) is 6.47. The normalized spacial score (nSPS) is 11.8. The lowest BCUT2D eigenvalue weighted by Gasteiger charge is -2.14. The Morgan fingerprint density at radius 3 is 2.75 bits per heavy atom. The summed E-state index contributed by atoms with van der Waals surface area (Å²) in [6.07, 6.45) is 1.92. The van der Waals surface area contributed by atoms with Gasteiger partial charge in [0.2, 0.25) is 5.91 Å². The van der Waals surface area contributed by atoms with E-state index in [1.165, 1.54) is 0 Å². The lowest BCUT2D eigenvalue weighted by atomic mass is 9.92. The second-order valence-electron chi connectivity index (χ2n) is 7.02. The predicted octanol–water partition coefficient (Wildman–Crippen LogP) is 3.54. The highest BCUT2D eigenvalue weighted by Crippen LogP contribution is 2.22. The number of imidazole rings is 1. The highest BCUT2D eigenvalue weighted by Gasteiger charge is 2.17. The van der Waals surface area contributed by atoms with Gasteiger partial charge in [0.1, 0.15) is 5.82 Å². The molecule has 0 radical (unpaired) electrons. The number of aromatic amines is 2. The number of fused-ring (bicyclic) bond motifs is 1. The number of rotatable bonds is 5. The molecule has 0 saturated heterocycles. The van der Waals surface area contributed by atoms with Crippen LogP contribution in [0.2, 0.25) is 0 Å². The maximum absolute atomic E-state index is 12.0. The van der Waals surface area contributed by atoms with E-state index in [4.69, 9.17) is 0 Å². The fourth-order valence-electron chi connectivity index (χ4n) is 2.52. The van der Waals surface area contributed by atoms with Crippen molar-refractivity contribution in [3.63, 3.8) is 0 Å². The molecular formula is C18H23N5O. The molecule has 0 bridgehead atoms. The Bertz CT molecular complexity index is 807. The summed E-state index contributed by atoms with van der Waals surface area (Å²) in [7, 11) is 0. The second-order valence-corrected chi connectivity index (χ2v) is 7.02. The van der Waals surface area contributed by atoms with Gasteiger partial charge in [0.25, 0.3) is 0 Å². The number of para-hydroxylation sites is 2. The number of hydrogen-bond acceptors (Lipinski definition) is 3. The van der Waals surface area contributed by atoms with E-state index in [-0.39, 0.29) is 11.3 Å². The van der Waals surface area contributed by atoms with Crippen molar-refractivity contribution in [2.45, 2.75) is 45.4 Å². The molecule has 0 saturated carbocycles. The number of nitrogens with one attached hydrogen (secondary N) is 3. The Hall–Kier alpha value is -2.63. The molecule has 0 aliphatic rings. The van der Waals surface area contributed by atoms with Crippen molar-refractivity contribution in [1.29, 1.82) is 0 Å². The summed E-state index contributed by atoms with van der Waals surface area (Å²) in [5.74, 6) is 1.46. The van der Waals surface area contributed by atoms with Crippen LogP contribution in [0.5, 0.6) is 0 Å². The summed E-state index contributed by atoms with van der Waals surface area (Å²) >= 11 is 0. The molecule has 0 aliphatic carbocycles. The summed E-state index contributed by atoms with van der Waals surface area (Å²) in [6.45, 7) is 6.29. The first-order valence-corrected chi connectivity index (χ1v) is 8.21. The van der Waals surface area contributed by atoms with E-state index in [0.29, 0.717) is 12.2 Å². The Morgan fingerprint density at radius 2 is 2.04 bits per heavy atom. The van der Waals surface area contributed by atoms with Crippen molar-refractivity contribution in [3.8, 4) is 0 Å². The summed E-state index contributed by atoms with van der Waals surface area (Å²) in [5, 5.41) is 9.95. The first-order chi connectivity index (χ1) is 11.4. The SMILES string of the molecule is CC(C)(C)c1cc(NC(=O)CCCc2nc3ccccc3[nH]2)n[nH]1. The van der Waals surface area contributed by atoms with Crippen LogP contribution in [0.3, 0.4) is 0 Å². The first kappa shape index (κ1) is 16.2. The molecule has 6 nitrogen and oxygen atoms in total. The average molecular weight is 325 g/mol. The van der Waals surface area contributed by atoms with E-state index in [9.17, 15) is 4.79 Å². The Kier molecular flexibility index (Phi) is 4.38. The number of anilines is 1. The number of carbonyl (C=O) groups excluding carboxylic acids is 1. The van der Waals surface area contributed by atoms with Gasteiger partial charge in [-0.1, -0.05) is 32.9 Å². The highest BCUT2D eigenvalue weighted by molar-refractivity contribution is 5.89. The summed E-state index contributed by atoms with van der Waals surface area (Å²) in [5.41, 5.74) is 2.98. The largest absolute Gasteiger partial charge is 0.342 e. The molecular weight excluding hydrogens is 302 g/mol. The van der Waals surface area contributed by atoms with E-state index in [1.807, 2.05) is 30.3 Å². The van der Waals surface area contributed by atoms with Crippen LogP contribution in [0.4, 0.5) is 5.82 Å². The zero-order chi connectivity index (χ0) is 17.2. The molecule has 2 aromatic heterocycles. The lowest BCUT2D eigenvalue weighted by Crippen LogP contribution is -2.12. The first-order valence-electron chi connectivity index (χ1n) is 8.21. The maximum atomic E-state index is 12.0. The van der Waals surface area contributed by atoms with Crippen molar-refractivity contribution >= 4 is 22.8 Å². The van der Waals surface area contributed by atoms with Gasteiger partial charge in [-0.3, -0.25) is 9.89 Å². The third-order valence-corrected chi connectivity index (χ3v) is 3.91. The summed E-state index contributed by atoms with van der Waals surface area (Å²) in [4.78, 5) is 19.8. The zero-order valence-corrected chi connectivity index (χ0v) is 14.3.